The molecule has 1 aliphatic carbocycles. The minimum absolute atomic E-state index is 0.342. The van der Waals surface area contributed by atoms with Crippen molar-refractivity contribution in [1.29, 1.82) is 0 Å². The van der Waals surface area contributed by atoms with Crippen molar-refractivity contribution in [2.45, 2.75) is 51.7 Å². The lowest BCUT2D eigenvalue weighted by Gasteiger charge is -2.35. The summed E-state index contributed by atoms with van der Waals surface area (Å²) < 4.78 is 5.87. The molecule has 17 heavy (non-hydrogen) atoms. The van der Waals surface area contributed by atoms with Gasteiger partial charge in [0.1, 0.15) is 6.10 Å². The second kappa shape index (κ2) is 5.50. The molecular formula is C14H22N2O. The zero-order valence-corrected chi connectivity index (χ0v) is 10.9. The molecule has 1 aliphatic rings. The molecule has 1 heterocycles. The second-order valence-electron chi connectivity index (χ2n) is 5.05. The van der Waals surface area contributed by atoms with E-state index in [0.717, 1.165) is 25.3 Å². The molecule has 3 heteroatoms. The SMILES string of the molecule is CCNC1CC(Oc2cc(C(C)C)ccn2)C1. The molecule has 0 saturated heterocycles. The van der Waals surface area contributed by atoms with Crippen molar-refractivity contribution < 1.29 is 4.74 Å². The fourth-order valence-corrected chi connectivity index (χ4v) is 2.14. The van der Waals surface area contributed by atoms with Gasteiger partial charge in [-0.2, -0.15) is 0 Å². The molecule has 0 aliphatic heterocycles. The molecule has 0 amide bonds. The number of hydrogen-bond donors (Lipinski definition) is 1. The van der Waals surface area contributed by atoms with E-state index in [1.54, 1.807) is 0 Å². The highest BCUT2D eigenvalue weighted by Gasteiger charge is 2.30. The van der Waals surface area contributed by atoms with E-state index in [4.69, 9.17) is 4.74 Å². The lowest BCUT2D eigenvalue weighted by atomic mass is 9.89. The Labute approximate surface area is 104 Å². The van der Waals surface area contributed by atoms with Crippen LogP contribution >= 0.6 is 0 Å². The van der Waals surface area contributed by atoms with Crippen LogP contribution in [-0.4, -0.2) is 23.7 Å². The van der Waals surface area contributed by atoms with Crippen LogP contribution in [0.4, 0.5) is 0 Å². The Hall–Kier alpha value is -1.09. The van der Waals surface area contributed by atoms with Crippen LogP contribution in [0.2, 0.25) is 0 Å². The maximum absolute atomic E-state index is 5.87. The fourth-order valence-electron chi connectivity index (χ4n) is 2.14. The van der Waals surface area contributed by atoms with Crippen LogP contribution < -0.4 is 10.1 Å². The number of aromatic nitrogens is 1. The average Bonchev–Trinajstić information content (AvgIpc) is 2.27. The van der Waals surface area contributed by atoms with E-state index >= 15 is 0 Å². The van der Waals surface area contributed by atoms with Gasteiger partial charge in [0.2, 0.25) is 5.88 Å². The summed E-state index contributed by atoms with van der Waals surface area (Å²) in [6.07, 6.45) is 4.38. The van der Waals surface area contributed by atoms with Gasteiger partial charge in [-0.05, 0) is 36.9 Å². The molecule has 0 aromatic carbocycles. The van der Waals surface area contributed by atoms with Gasteiger partial charge in [0, 0.05) is 18.3 Å². The number of nitrogens with one attached hydrogen (secondary N) is 1. The van der Waals surface area contributed by atoms with Crippen LogP contribution in [0, 0.1) is 0 Å². The van der Waals surface area contributed by atoms with Crippen molar-refractivity contribution in [2.24, 2.45) is 0 Å². The van der Waals surface area contributed by atoms with Gasteiger partial charge >= 0.3 is 0 Å². The Bertz CT molecular complexity index is 359. The second-order valence-corrected chi connectivity index (χ2v) is 5.05. The monoisotopic (exact) mass is 234 g/mol. The molecule has 3 nitrogen and oxygen atoms in total. The van der Waals surface area contributed by atoms with E-state index in [-0.39, 0.29) is 0 Å². The van der Waals surface area contributed by atoms with E-state index in [9.17, 15) is 0 Å². The van der Waals surface area contributed by atoms with Crippen LogP contribution in [0.25, 0.3) is 0 Å². The summed E-state index contributed by atoms with van der Waals surface area (Å²) in [7, 11) is 0. The Kier molecular flexibility index (Phi) is 4.00. The summed E-state index contributed by atoms with van der Waals surface area (Å²) in [5, 5.41) is 3.43. The topological polar surface area (TPSA) is 34.1 Å². The molecule has 1 fully saturated rings. The summed E-state index contributed by atoms with van der Waals surface area (Å²) >= 11 is 0. The van der Waals surface area contributed by atoms with Gasteiger partial charge < -0.3 is 10.1 Å². The van der Waals surface area contributed by atoms with Crippen molar-refractivity contribution >= 4 is 0 Å². The molecule has 1 N–H and O–H groups in total. The third-order valence-corrected chi connectivity index (χ3v) is 3.30. The fraction of sp³-hybridized carbons (Fsp3) is 0.643. The van der Waals surface area contributed by atoms with E-state index in [2.05, 4.69) is 43.2 Å². The number of rotatable bonds is 5. The van der Waals surface area contributed by atoms with Gasteiger partial charge in [-0.3, -0.25) is 0 Å². The van der Waals surface area contributed by atoms with Crippen molar-refractivity contribution in [2.75, 3.05) is 6.54 Å². The minimum Gasteiger partial charge on any atom is -0.474 e. The summed E-state index contributed by atoms with van der Waals surface area (Å²) in [6, 6.07) is 4.75. The third kappa shape index (κ3) is 3.19. The van der Waals surface area contributed by atoms with Crippen LogP contribution in [0.1, 0.15) is 45.1 Å². The smallest absolute Gasteiger partial charge is 0.213 e. The summed E-state index contributed by atoms with van der Waals surface area (Å²) in [5.74, 6) is 1.30. The number of nitrogens with zero attached hydrogens (tertiary/aromatic N) is 1. The molecule has 0 spiro atoms. The Morgan fingerprint density at radius 2 is 2.24 bits per heavy atom. The van der Waals surface area contributed by atoms with Gasteiger partial charge in [-0.25, -0.2) is 4.98 Å². The summed E-state index contributed by atoms with van der Waals surface area (Å²) in [4.78, 5) is 4.27. The Morgan fingerprint density at radius 1 is 1.47 bits per heavy atom. The molecule has 0 atom stereocenters. The lowest BCUT2D eigenvalue weighted by Crippen LogP contribution is -2.46. The maximum Gasteiger partial charge on any atom is 0.213 e. The van der Waals surface area contributed by atoms with Gasteiger partial charge in [-0.15, -0.1) is 0 Å². The van der Waals surface area contributed by atoms with Crippen LogP contribution in [0.3, 0.4) is 0 Å². The predicted molar refractivity (Wildman–Crippen MR) is 69.4 cm³/mol. The standard InChI is InChI=1S/C14H22N2O/c1-4-15-12-8-13(9-12)17-14-7-11(10(2)3)5-6-16-14/h5-7,10,12-13,15H,4,8-9H2,1-3H3. The van der Waals surface area contributed by atoms with Crippen LogP contribution in [0.5, 0.6) is 5.88 Å². The van der Waals surface area contributed by atoms with Crippen LogP contribution in [-0.2, 0) is 0 Å². The Balaban J connectivity index is 1.86. The normalized spacial score (nSPS) is 23.5. The van der Waals surface area contributed by atoms with Crippen molar-refractivity contribution in [3.05, 3.63) is 23.9 Å². The first-order valence-corrected chi connectivity index (χ1v) is 6.55. The average molecular weight is 234 g/mol. The van der Waals surface area contributed by atoms with E-state index in [1.165, 1.54) is 5.56 Å². The number of ether oxygens (including phenoxy) is 1. The number of pyridine rings is 1. The van der Waals surface area contributed by atoms with E-state index < -0.39 is 0 Å². The molecule has 94 valence electrons. The quantitative estimate of drug-likeness (QED) is 0.850. The van der Waals surface area contributed by atoms with Crippen molar-refractivity contribution in [1.82, 2.24) is 10.3 Å². The molecule has 1 saturated carbocycles. The molecule has 0 radical (unpaired) electrons. The van der Waals surface area contributed by atoms with Crippen LogP contribution in [0.15, 0.2) is 18.3 Å². The zero-order valence-electron chi connectivity index (χ0n) is 10.9. The van der Waals surface area contributed by atoms with Gasteiger partial charge in [0.25, 0.3) is 0 Å². The van der Waals surface area contributed by atoms with E-state index in [1.807, 2.05) is 6.20 Å². The zero-order chi connectivity index (χ0) is 12.3. The number of hydrogen-bond acceptors (Lipinski definition) is 3. The largest absolute Gasteiger partial charge is 0.474 e. The Morgan fingerprint density at radius 3 is 2.88 bits per heavy atom. The van der Waals surface area contributed by atoms with Gasteiger partial charge in [0.15, 0.2) is 0 Å². The first-order chi connectivity index (χ1) is 8.19. The van der Waals surface area contributed by atoms with Crippen molar-refractivity contribution in [3.63, 3.8) is 0 Å². The van der Waals surface area contributed by atoms with Gasteiger partial charge in [-0.1, -0.05) is 20.8 Å². The maximum atomic E-state index is 5.87. The molecule has 1 aromatic rings. The van der Waals surface area contributed by atoms with E-state index in [0.29, 0.717) is 18.1 Å². The predicted octanol–water partition coefficient (Wildman–Crippen LogP) is 2.72. The minimum atomic E-state index is 0.342. The first kappa shape index (κ1) is 12.4. The molecule has 0 bridgehead atoms. The molecule has 2 rings (SSSR count). The molecule has 1 aromatic heterocycles. The highest BCUT2D eigenvalue weighted by atomic mass is 16.5. The third-order valence-electron chi connectivity index (χ3n) is 3.30. The van der Waals surface area contributed by atoms with Crippen molar-refractivity contribution in [3.8, 4) is 5.88 Å². The highest BCUT2D eigenvalue weighted by molar-refractivity contribution is 5.23. The molecular weight excluding hydrogens is 212 g/mol. The lowest BCUT2D eigenvalue weighted by molar-refractivity contribution is 0.0813. The molecule has 0 unspecified atom stereocenters. The van der Waals surface area contributed by atoms with Gasteiger partial charge in [0.05, 0.1) is 0 Å². The highest BCUT2D eigenvalue weighted by Crippen LogP contribution is 2.26. The first-order valence-electron chi connectivity index (χ1n) is 6.55. The summed E-state index contributed by atoms with van der Waals surface area (Å²) in [6.45, 7) is 7.55. The summed E-state index contributed by atoms with van der Waals surface area (Å²) in [5.41, 5.74) is 1.29.